The van der Waals surface area contributed by atoms with Gasteiger partial charge in [0.2, 0.25) is 5.95 Å². The second-order valence-corrected chi connectivity index (χ2v) is 7.20. The summed E-state index contributed by atoms with van der Waals surface area (Å²) in [7, 11) is 1.69. The van der Waals surface area contributed by atoms with E-state index in [0.29, 0.717) is 5.95 Å². The molecule has 1 aliphatic heterocycles. The van der Waals surface area contributed by atoms with Crippen molar-refractivity contribution >= 4 is 11.6 Å². The van der Waals surface area contributed by atoms with E-state index in [0.717, 1.165) is 47.5 Å². The van der Waals surface area contributed by atoms with Gasteiger partial charge in [0.1, 0.15) is 5.75 Å². The lowest BCUT2D eigenvalue weighted by atomic mass is 10.0. The van der Waals surface area contributed by atoms with Gasteiger partial charge >= 0.3 is 0 Å². The Kier molecular flexibility index (Phi) is 4.90. The molecule has 0 saturated carbocycles. The molecular formula is C23H25N3O2. The van der Waals surface area contributed by atoms with Crippen molar-refractivity contribution in [2.45, 2.75) is 39.2 Å². The van der Waals surface area contributed by atoms with Gasteiger partial charge in [-0.25, -0.2) is 0 Å². The molecule has 0 aliphatic carbocycles. The smallest absolute Gasteiger partial charge is 0.274 e. The minimum absolute atomic E-state index is 0.177. The molecule has 2 aromatic carbocycles. The Morgan fingerprint density at radius 3 is 2.71 bits per heavy atom. The summed E-state index contributed by atoms with van der Waals surface area (Å²) in [4.78, 5) is 16.5. The van der Waals surface area contributed by atoms with Crippen LogP contribution < -0.4 is 15.6 Å². The van der Waals surface area contributed by atoms with Crippen LogP contribution in [0.15, 0.2) is 53.3 Å². The Balaban J connectivity index is 1.79. The van der Waals surface area contributed by atoms with Crippen LogP contribution in [0.5, 0.6) is 5.75 Å². The van der Waals surface area contributed by atoms with Gasteiger partial charge in [-0.2, -0.15) is 4.98 Å². The van der Waals surface area contributed by atoms with E-state index in [1.807, 2.05) is 19.1 Å². The number of nitrogens with one attached hydrogen (secondary N) is 1. The topological polar surface area (TPSA) is 56.2 Å². The average Bonchev–Trinajstić information content (AvgIpc) is 3.13. The van der Waals surface area contributed by atoms with Gasteiger partial charge in [-0.15, -0.1) is 0 Å². The predicted octanol–water partition coefficient (Wildman–Crippen LogP) is 4.40. The van der Waals surface area contributed by atoms with E-state index in [4.69, 9.17) is 4.74 Å². The lowest BCUT2D eigenvalue weighted by Crippen LogP contribution is -2.19. The summed E-state index contributed by atoms with van der Waals surface area (Å²) in [6, 6.07) is 16.4. The highest BCUT2D eigenvalue weighted by Gasteiger charge is 2.26. The first kappa shape index (κ1) is 18.3. The fourth-order valence-electron chi connectivity index (χ4n) is 4.02. The van der Waals surface area contributed by atoms with Crippen molar-refractivity contribution in [3.63, 3.8) is 0 Å². The molecule has 5 nitrogen and oxygen atoms in total. The monoisotopic (exact) mass is 375 g/mol. The number of aromatic nitrogens is 2. The van der Waals surface area contributed by atoms with Crippen LogP contribution >= 0.6 is 0 Å². The molecule has 1 N–H and O–H groups in total. The Hall–Kier alpha value is -3.08. The molecule has 0 amide bonds. The third kappa shape index (κ3) is 3.28. The normalized spacial score (nSPS) is 15.3. The molecule has 0 bridgehead atoms. The second-order valence-electron chi connectivity index (χ2n) is 7.20. The van der Waals surface area contributed by atoms with Crippen molar-refractivity contribution in [2.24, 2.45) is 0 Å². The summed E-state index contributed by atoms with van der Waals surface area (Å²) >= 11 is 0. The van der Waals surface area contributed by atoms with Crippen molar-refractivity contribution in [3.8, 4) is 5.75 Å². The molecule has 4 rings (SSSR count). The summed E-state index contributed by atoms with van der Waals surface area (Å²) in [6.07, 6.45) is 2.70. The SMILES string of the molecule is CCc1cc(Nc2nc(=O)cc3n2C(c2ccccc2)CC3)c(C)cc1OC. The van der Waals surface area contributed by atoms with Crippen LogP contribution in [0.1, 0.15) is 41.8 Å². The number of benzene rings is 2. The maximum absolute atomic E-state index is 12.2. The third-order valence-corrected chi connectivity index (χ3v) is 5.47. The largest absolute Gasteiger partial charge is 0.496 e. The maximum atomic E-state index is 12.2. The van der Waals surface area contributed by atoms with Gasteiger partial charge in [0, 0.05) is 17.4 Å². The minimum atomic E-state index is -0.204. The number of ether oxygens (including phenoxy) is 1. The zero-order chi connectivity index (χ0) is 19.7. The van der Waals surface area contributed by atoms with Crippen molar-refractivity contribution in [1.29, 1.82) is 0 Å². The minimum Gasteiger partial charge on any atom is -0.496 e. The Labute approximate surface area is 165 Å². The Bertz CT molecular complexity index is 1060. The van der Waals surface area contributed by atoms with Crippen LogP contribution in [-0.2, 0) is 12.8 Å². The van der Waals surface area contributed by atoms with Gasteiger partial charge in [-0.3, -0.25) is 4.79 Å². The molecule has 144 valence electrons. The van der Waals surface area contributed by atoms with E-state index < -0.39 is 0 Å². The highest BCUT2D eigenvalue weighted by Crippen LogP contribution is 2.35. The number of hydrogen-bond donors (Lipinski definition) is 1. The molecule has 28 heavy (non-hydrogen) atoms. The van der Waals surface area contributed by atoms with Crippen molar-refractivity contribution in [1.82, 2.24) is 9.55 Å². The predicted molar refractivity (Wildman–Crippen MR) is 112 cm³/mol. The number of fused-ring (bicyclic) bond motifs is 1. The third-order valence-electron chi connectivity index (χ3n) is 5.47. The molecule has 2 heterocycles. The molecule has 0 spiro atoms. The van der Waals surface area contributed by atoms with Crippen LogP contribution in [0.2, 0.25) is 0 Å². The quantitative estimate of drug-likeness (QED) is 0.718. The van der Waals surface area contributed by atoms with Crippen LogP contribution in [0.4, 0.5) is 11.6 Å². The van der Waals surface area contributed by atoms with E-state index in [-0.39, 0.29) is 11.6 Å². The van der Waals surface area contributed by atoms with Crippen molar-refractivity contribution < 1.29 is 4.74 Å². The summed E-state index contributed by atoms with van der Waals surface area (Å²) in [5.41, 5.74) is 5.17. The summed E-state index contributed by atoms with van der Waals surface area (Å²) < 4.78 is 7.66. The van der Waals surface area contributed by atoms with E-state index >= 15 is 0 Å². The van der Waals surface area contributed by atoms with Crippen molar-refractivity contribution in [3.05, 3.63) is 81.3 Å². The lowest BCUT2D eigenvalue weighted by molar-refractivity contribution is 0.410. The molecule has 1 aliphatic rings. The molecule has 1 unspecified atom stereocenters. The fourth-order valence-corrected chi connectivity index (χ4v) is 4.02. The van der Waals surface area contributed by atoms with Crippen molar-refractivity contribution in [2.75, 3.05) is 12.4 Å². The van der Waals surface area contributed by atoms with Gasteiger partial charge in [-0.1, -0.05) is 37.3 Å². The number of methoxy groups -OCH3 is 1. The summed E-state index contributed by atoms with van der Waals surface area (Å²) in [6.45, 7) is 4.14. The zero-order valence-electron chi connectivity index (χ0n) is 16.5. The molecule has 1 aromatic heterocycles. The highest BCUT2D eigenvalue weighted by atomic mass is 16.5. The number of nitrogens with zero attached hydrogens (tertiary/aromatic N) is 2. The fraction of sp³-hybridized carbons (Fsp3) is 0.304. The van der Waals surface area contributed by atoms with Gasteiger partial charge in [-0.05, 0) is 55.0 Å². The molecule has 0 fully saturated rings. The number of hydrogen-bond acceptors (Lipinski definition) is 4. The molecule has 5 heteroatoms. The van der Waals surface area contributed by atoms with Crippen LogP contribution in [0, 0.1) is 6.92 Å². The number of anilines is 2. The van der Waals surface area contributed by atoms with Gasteiger partial charge in [0.15, 0.2) is 0 Å². The Morgan fingerprint density at radius 2 is 2.00 bits per heavy atom. The molecule has 1 atom stereocenters. The van der Waals surface area contributed by atoms with E-state index in [9.17, 15) is 4.79 Å². The van der Waals surface area contributed by atoms with Gasteiger partial charge in [0.25, 0.3) is 5.56 Å². The van der Waals surface area contributed by atoms with E-state index in [1.165, 1.54) is 5.56 Å². The first-order chi connectivity index (χ1) is 13.6. The van der Waals surface area contributed by atoms with E-state index in [2.05, 4.69) is 52.1 Å². The van der Waals surface area contributed by atoms with Gasteiger partial charge in [0.05, 0.1) is 13.2 Å². The Morgan fingerprint density at radius 1 is 1.21 bits per heavy atom. The second kappa shape index (κ2) is 7.50. The molecule has 3 aromatic rings. The van der Waals surface area contributed by atoms with E-state index in [1.54, 1.807) is 13.2 Å². The summed E-state index contributed by atoms with van der Waals surface area (Å²) in [5, 5.41) is 3.44. The number of aryl methyl sites for hydroxylation is 3. The molecule has 0 saturated heterocycles. The summed E-state index contributed by atoms with van der Waals surface area (Å²) in [5.74, 6) is 1.49. The standard InChI is InChI=1S/C23H25N3O2/c1-4-16-13-19(15(2)12-21(16)28-3)24-23-25-22(27)14-18-10-11-20(26(18)23)17-8-6-5-7-9-17/h5-9,12-14,20H,4,10-11H2,1-3H3,(H,24,25,27). The van der Waals surface area contributed by atoms with Crippen LogP contribution in [0.25, 0.3) is 0 Å². The lowest BCUT2D eigenvalue weighted by Gasteiger charge is -2.21. The highest BCUT2D eigenvalue weighted by molar-refractivity contribution is 5.63. The average molecular weight is 375 g/mol. The van der Waals surface area contributed by atoms with Crippen LogP contribution in [-0.4, -0.2) is 16.7 Å². The first-order valence-corrected chi connectivity index (χ1v) is 9.72. The van der Waals surface area contributed by atoms with Crippen LogP contribution in [0.3, 0.4) is 0 Å². The first-order valence-electron chi connectivity index (χ1n) is 9.72. The zero-order valence-corrected chi connectivity index (χ0v) is 16.5. The molecular weight excluding hydrogens is 350 g/mol. The maximum Gasteiger partial charge on any atom is 0.274 e. The van der Waals surface area contributed by atoms with Gasteiger partial charge < -0.3 is 14.6 Å². The number of rotatable bonds is 5. The molecule has 0 radical (unpaired) electrons.